The van der Waals surface area contributed by atoms with E-state index in [2.05, 4.69) is 15.3 Å². The molecular formula is C18H25N5O2. The lowest BCUT2D eigenvalue weighted by Crippen LogP contribution is -2.49. The van der Waals surface area contributed by atoms with Gasteiger partial charge < -0.3 is 19.9 Å². The van der Waals surface area contributed by atoms with E-state index in [9.17, 15) is 9.90 Å². The van der Waals surface area contributed by atoms with Gasteiger partial charge in [-0.3, -0.25) is 4.98 Å². The minimum absolute atomic E-state index is 0.0864. The number of hydrogen-bond acceptors (Lipinski definition) is 4. The number of hydrogen-bond donors (Lipinski definition) is 2. The van der Waals surface area contributed by atoms with Crippen LogP contribution in [0.5, 0.6) is 0 Å². The summed E-state index contributed by atoms with van der Waals surface area (Å²) in [5, 5.41) is 13.8. The summed E-state index contributed by atoms with van der Waals surface area (Å²) in [4.78, 5) is 22.6. The van der Waals surface area contributed by atoms with E-state index in [1.54, 1.807) is 17.3 Å². The number of piperidine rings is 1. The van der Waals surface area contributed by atoms with Crippen LogP contribution >= 0.6 is 0 Å². The molecule has 0 atom stereocenters. The van der Waals surface area contributed by atoms with E-state index < -0.39 is 5.60 Å². The molecule has 0 radical (unpaired) electrons. The van der Waals surface area contributed by atoms with E-state index in [1.807, 2.05) is 36.7 Å². The molecule has 1 fully saturated rings. The summed E-state index contributed by atoms with van der Waals surface area (Å²) in [6.45, 7) is 6.19. The Hall–Kier alpha value is -2.41. The third-order valence-electron chi connectivity index (χ3n) is 4.82. The number of imidazole rings is 1. The maximum Gasteiger partial charge on any atom is 0.317 e. The van der Waals surface area contributed by atoms with E-state index in [1.165, 1.54) is 0 Å². The first-order valence-electron chi connectivity index (χ1n) is 8.64. The molecule has 0 spiro atoms. The summed E-state index contributed by atoms with van der Waals surface area (Å²) in [6, 6.07) is 3.74. The average molecular weight is 343 g/mol. The number of amides is 2. The highest BCUT2D eigenvalue weighted by atomic mass is 16.3. The Morgan fingerprint density at radius 1 is 1.28 bits per heavy atom. The molecule has 0 bridgehead atoms. The molecule has 2 N–H and O–H groups in total. The van der Waals surface area contributed by atoms with E-state index in [0.717, 1.165) is 11.4 Å². The van der Waals surface area contributed by atoms with Gasteiger partial charge in [-0.2, -0.15) is 0 Å². The Morgan fingerprint density at radius 2 is 2.04 bits per heavy atom. The second kappa shape index (κ2) is 7.23. The number of pyridine rings is 1. The van der Waals surface area contributed by atoms with Crippen LogP contribution in [-0.4, -0.2) is 50.2 Å². The zero-order chi connectivity index (χ0) is 17.9. The van der Waals surface area contributed by atoms with Crippen molar-refractivity contribution in [1.29, 1.82) is 0 Å². The van der Waals surface area contributed by atoms with Crippen LogP contribution in [0.4, 0.5) is 4.79 Å². The van der Waals surface area contributed by atoms with Crippen molar-refractivity contribution in [2.45, 2.75) is 38.8 Å². The summed E-state index contributed by atoms with van der Waals surface area (Å²) in [5.74, 6) is 0.933. The van der Waals surface area contributed by atoms with Crippen LogP contribution in [0.3, 0.4) is 0 Å². The van der Waals surface area contributed by atoms with Crippen molar-refractivity contribution < 1.29 is 9.90 Å². The van der Waals surface area contributed by atoms with E-state index in [4.69, 9.17) is 0 Å². The van der Waals surface area contributed by atoms with Gasteiger partial charge in [0.2, 0.25) is 0 Å². The van der Waals surface area contributed by atoms with Gasteiger partial charge in [-0.1, -0.05) is 6.07 Å². The molecule has 2 aromatic rings. The Balaban J connectivity index is 1.49. The van der Waals surface area contributed by atoms with Crippen LogP contribution in [0, 0.1) is 13.8 Å². The van der Waals surface area contributed by atoms with Gasteiger partial charge in [-0.05, 0) is 38.3 Å². The van der Waals surface area contributed by atoms with Crippen LogP contribution < -0.4 is 5.32 Å². The zero-order valence-electron chi connectivity index (χ0n) is 14.8. The predicted octanol–water partition coefficient (Wildman–Crippen LogP) is 1.59. The van der Waals surface area contributed by atoms with Gasteiger partial charge in [-0.25, -0.2) is 9.78 Å². The molecule has 2 aromatic heterocycles. The molecule has 3 heterocycles. The number of likely N-dealkylation sites (tertiary alicyclic amines) is 1. The smallest absolute Gasteiger partial charge is 0.317 e. The van der Waals surface area contributed by atoms with E-state index >= 15 is 0 Å². The normalized spacial score (nSPS) is 16.7. The fourth-order valence-electron chi connectivity index (χ4n) is 3.11. The van der Waals surface area contributed by atoms with Crippen molar-refractivity contribution in [3.8, 4) is 0 Å². The van der Waals surface area contributed by atoms with Crippen molar-refractivity contribution in [2.24, 2.45) is 0 Å². The van der Waals surface area contributed by atoms with Crippen molar-refractivity contribution in [2.75, 3.05) is 19.6 Å². The standard InChI is InChI=1S/C18H25N5O2/c1-14-3-4-16(21-13-14)18(25)5-9-23(10-6-18)17(24)20-8-12-22-11-7-19-15(22)2/h3-4,7,11,13,25H,5-6,8-10,12H2,1-2H3,(H,20,24). The summed E-state index contributed by atoms with van der Waals surface area (Å²) in [7, 11) is 0. The number of urea groups is 1. The predicted molar refractivity (Wildman–Crippen MR) is 94.0 cm³/mol. The minimum Gasteiger partial charge on any atom is -0.383 e. The molecule has 1 aliphatic rings. The van der Waals surface area contributed by atoms with Crippen LogP contribution in [0.15, 0.2) is 30.7 Å². The summed E-state index contributed by atoms with van der Waals surface area (Å²) < 4.78 is 2.00. The third kappa shape index (κ3) is 3.99. The lowest BCUT2D eigenvalue weighted by molar-refractivity contribution is -0.0203. The quantitative estimate of drug-likeness (QED) is 0.883. The molecule has 7 heteroatoms. The summed E-state index contributed by atoms with van der Waals surface area (Å²) >= 11 is 0. The molecule has 0 unspecified atom stereocenters. The largest absolute Gasteiger partial charge is 0.383 e. The highest BCUT2D eigenvalue weighted by Gasteiger charge is 2.36. The number of aryl methyl sites for hydroxylation is 2. The van der Waals surface area contributed by atoms with Gasteiger partial charge in [0.1, 0.15) is 11.4 Å². The monoisotopic (exact) mass is 343 g/mol. The molecule has 1 aliphatic heterocycles. The SMILES string of the molecule is Cc1ccc(C2(O)CCN(C(=O)NCCn3ccnc3C)CC2)nc1. The molecule has 1 saturated heterocycles. The molecule has 0 aliphatic carbocycles. The highest BCUT2D eigenvalue weighted by Crippen LogP contribution is 2.31. The van der Waals surface area contributed by atoms with Crippen LogP contribution in [0.2, 0.25) is 0 Å². The van der Waals surface area contributed by atoms with Gasteiger partial charge in [-0.15, -0.1) is 0 Å². The van der Waals surface area contributed by atoms with Crippen LogP contribution in [-0.2, 0) is 12.1 Å². The topological polar surface area (TPSA) is 83.3 Å². The average Bonchev–Trinajstić information content (AvgIpc) is 3.01. The van der Waals surface area contributed by atoms with Gasteiger partial charge in [0, 0.05) is 44.8 Å². The summed E-state index contributed by atoms with van der Waals surface area (Å²) in [6.07, 6.45) is 6.41. The first-order valence-corrected chi connectivity index (χ1v) is 8.64. The molecule has 2 amide bonds. The van der Waals surface area contributed by atoms with E-state index in [0.29, 0.717) is 44.7 Å². The van der Waals surface area contributed by atoms with Crippen molar-refractivity contribution in [3.05, 3.63) is 47.8 Å². The Labute approximate surface area is 147 Å². The minimum atomic E-state index is -0.946. The number of carbonyl (C=O) groups excluding carboxylic acids is 1. The highest BCUT2D eigenvalue weighted by molar-refractivity contribution is 5.74. The fraction of sp³-hybridized carbons (Fsp3) is 0.500. The van der Waals surface area contributed by atoms with Crippen molar-refractivity contribution in [3.63, 3.8) is 0 Å². The molecular weight excluding hydrogens is 318 g/mol. The van der Waals surface area contributed by atoms with E-state index in [-0.39, 0.29) is 6.03 Å². The number of nitrogens with zero attached hydrogens (tertiary/aromatic N) is 4. The molecule has 0 saturated carbocycles. The van der Waals surface area contributed by atoms with Crippen molar-refractivity contribution in [1.82, 2.24) is 24.8 Å². The van der Waals surface area contributed by atoms with Crippen LogP contribution in [0.1, 0.15) is 29.9 Å². The maximum absolute atomic E-state index is 12.3. The molecule has 134 valence electrons. The Bertz CT molecular complexity index is 717. The Kier molecular flexibility index (Phi) is 5.03. The second-order valence-corrected chi connectivity index (χ2v) is 6.64. The van der Waals surface area contributed by atoms with Crippen LogP contribution in [0.25, 0.3) is 0 Å². The first-order chi connectivity index (χ1) is 12.0. The molecule has 3 rings (SSSR count). The number of aromatic nitrogens is 3. The van der Waals surface area contributed by atoms with Crippen molar-refractivity contribution >= 4 is 6.03 Å². The lowest BCUT2D eigenvalue weighted by Gasteiger charge is -2.37. The first kappa shape index (κ1) is 17.4. The Morgan fingerprint density at radius 3 is 2.64 bits per heavy atom. The fourth-order valence-corrected chi connectivity index (χ4v) is 3.11. The molecule has 0 aromatic carbocycles. The number of rotatable bonds is 4. The lowest BCUT2D eigenvalue weighted by atomic mass is 9.87. The maximum atomic E-state index is 12.3. The molecule has 7 nitrogen and oxygen atoms in total. The molecule has 25 heavy (non-hydrogen) atoms. The number of nitrogens with one attached hydrogen (secondary N) is 1. The van der Waals surface area contributed by atoms with Gasteiger partial charge in [0.05, 0.1) is 5.69 Å². The third-order valence-corrected chi connectivity index (χ3v) is 4.82. The van der Waals surface area contributed by atoms with Gasteiger partial charge in [0.25, 0.3) is 0 Å². The number of carbonyl (C=O) groups is 1. The van der Waals surface area contributed by atoms with Gasteiger partial charge >= 0.3 is 6.03 Å². The zero-order valence-corrected chi connectivity index (χ0v) is 14.8. The summed E-state index contributed by atoms with van der Waals surface area (Å²) in [5.41, 5.74) is 0.810. The van der Waals surface area contributed by atoms with Gasteiger partial charge in [0.15, 0.2) is 0 Å². The number of aliphatic hydroxyl groups is 1. The second-order valence-electron chi connectivity index (χ2n) is 6.64.